The van der Waals surface area contributed by atoms with Crippen LogP contribution in [0.3, 0.4) is 0 Å². The molecule has 3 rings (SSSR count). The van der Waals surface area contributed by atoms with Gasteiger partial charge in [-0.3, -0.25) is 4.79 Å². The summed E-state index contributed by atoms with van der Waals surface area (Å²) in [7, 11) is 0. The fourth-order valence-corrected chi connectivity index (χ4v) is 3.54. The second-order valence-electron chi connectivity index (χ2n) is 5.03. The lowest BCUT2D eigenvalue weighted by atomic mass is 10.2. The van der Waals surface area contributed by atoms with Crippen molar-refractivity contribution in [1.82, 2.24) is 5.32 Å². The molecule has 2 N–H and O–H groups in total. The molecular formula is C13H17NO2S. The highest BCUT2D eigenvalue weighted by molar-refractivity contribution is 7.14. The number of fused-ring (bicyclic) bond motifs is 1. The maximum absolute atomic E-state index is 11.9. The molecule has 1 fully saturated rings. The number of nitrogens with one attached hydrogen (secondary N) is 1. The highest BCUT2D eigenvalue weighted by Gasteiger charge is 2.30. The average Bonchev–Trinajstić information content (AvgIpc) is 2.94. The van der Waals surface area contributed by atoms with Crippen LogP contribution in [0.15, 0.2) is 6.07 Å². The Morgan fingerprint density at radius 3 is 3.06 bits per heavy atom. The van der Waals surface area contributed by atoms with Crippen LogP contribution in [0.5, 0.6) is 0 Å². The van der Waals surface area contributed by atoms with Crippen LogP contribution in [-0.4, -0.2) is 23.7 Å². The molecule has 1 aromatic rings. The molecular weight excluding hydrogens is 234 g/mol. The topological polar surface area (TPSA) is 49.3 Å². The predicted molar refractivity (Wildman–Crippen MR) is 67.4 cm³/mol. The zero-order chi connectivity index (χ0) is 11.8. The molecule has 1 atom stereocenters. The van der Waals surface area contributed by atoms with Crippen molar-refractivity contribution in [3.8, 4) is 0 Å². The minimum absolute atomic E-state index is 0.0240. The van der Waals surface area contributed by atoms with E-state index in [0.29, 0.717) is 12.5 Å². The van der Waals surface area contributed by atoms with E-state index in [1.54, 1.807) is 11.3 Å². The SMILES string of the molecule is O=C(NCC(O)C1CC1)c1cc2c(s1)CCC2. The van der Waals surface area contributed by atoms with Crippen molar-refractivity contribution in [3.05, 3.63) is 21.4 Å². The van der Waals surface area contributed by atoms with Gasteiger partial charge >= 0.3 is 0 Å². The molecule has 0 spiro atoms. The van der Waals surface area contributed by atoms with E-state index in [1.165, 1.54) is 16.9 Å². The van der Waals surface area contributed by atoms with Crippen LogP contribution in [0, 0.1) is 5.92 Å². The second-order valence-corrected chi connectivity index (χ2v) is 6.16. The van der Waals surface area contributed by atoms with E-state index in [-0.39, 0.29) is 12.0 Å². The van der Waals surface area contributed by atoms with Gasteiger partial charge in [-0.2, -0.15) is 0 Å². The van der Waals surface area contributed by atoms with Crippen LogP contribution in [0.4, 0.5) is 0 Å². The van der Waals surface area contributed by atoms with Crippen molar-refractivity contribution < 1.29 is 9.90 Å². The second kappa shape index (κ2) is 4.42. The number of carbonyl (C=O) groups excluding carboxylic acids is 1. The maximum atomic E-state index is 11.9. The minimum Gasteiger partial charge on any atom is -0.391 e. The number of carbonyl (C=O) groups is 1. The minimum atomic E-state index is -0.356. The third-order valence-electron chi connectivity index (χ3n) is 3.61. The molecule has 0 radical (unpaired) electrons. The van der Waals surface area contributed by atoms with E-state index < -0.39 is 0 Å². The molecule has 1 amide bonds. The number of amides is 1. The van der Waals surface area contributed by atoms with Gasteiger partial charge in [-0.25, -0.2) is 0 Å². The number of thiophene rings is 1. The van der Waals surface area contributed by atoms with Gasteiger partial charge in [-0.05, 0) is 49.7 Å². The quantitative estimate of drug-likeness (QED) is 0.856. The number of rotatable bonds is 4. The number of aliphatic hydroxyl groups excluding tert-OH is 1. The molecule has 2 aliphatic rings. The van der Waals surface area contributed by atoms with E-state index in [1.807, 2.05) is 6.07 Å². The Bertz CT molecular complexity index is 415. The summed E-state index contributed by atoms with van der Waals surface area (Å²) >= 11 is 1.61. The molecule has 0 saturated heterocycles. The molecule has 4 heteroatoms. The molecule has 1 aromatic heterocycles. The zero-order valence-electron chi connectivity index (χ0n) is 9.74. The molecule has 1 unspecified atom stereocenters. The summed E-state index contributed by atoms with van der Waals surface area (Å²) in [5.74, 6) is 0.396. The first kappa shape index (κ1) is 11.2. The first-order valence-electron chi connectivity index (χ1n) is 6.32. The standard InChI is InChI=1S/C13H17NO2S/c15-10(8-4-5-8)7-14-13(16)12-6-9-2-1-3-11(9)17-12/h6,8,10,15H,1-5,7H2,(H,14,16). The number of aryl methyl sites for hydroxylation is 2. The summed E-state index contributed by atoms with van der Waals surface area (Å²) in [6.07, 6.45) is 5.31. The van der Waals surface area contributed by atoms with Gasteiger partial charge in [0.25, 0.3) is 5.91 Å². The number of hydrogen-bond donors (Lipinski definition) is 2. The van der Waals surface area contributed by atoms with Crippen LogP contribution in [-0.2, 0) is 12.8 Å². The smallest absolute Gasteiger partial charge is 0.261 e. The lowest BCUT2D eigenvalue weighted by Gasteiger charge is -2.09. The molecule has 0 aliphatic heterocycles. The van der Waals surface area contributed by atoms with Gasteiger partial charge in [-0.15, -0.1) is 11.3 Å². The highest BCUT2D eigenvalue weighted by Crippen LogP contribution is 2.32. The van der Waals surface area contributed by atoms with Gasteiger partial charge in [0.15, 0.2) is 0 Å². The van der Waals surface area contributed by atoms with Crippen LogP contribution < -0.4 is 5.32 Å². The van der Waals surface area contributed by atoms with E-state index >= 15 is 0 Å². The average molecular weight is 251 g/mol. The zero-order valence-corrected chi connectivity index (χ0v) is 10.6. The summed E-state index contributed by atoms with van der Waals surface area (Å²) in [5, 5.41) is 12.5. The van der Waals surface area contributed by atoms with E-state index in [4.69, 9.17) is 0 Å². The third kappa shape index (κ3) is 2.38. The summed E-state index contributed by atoms with van der Waals surface area (Å²) in [6.45, 7) is 0.395. The van der Waals surface area contributed by atoms with E-state index in [0.717, 1.165) is 30.6 Å². The molecule has 2 aliphatic carbocycles. The molecule has 3 nitrogen and oxygen atoms in total. The van der Waals surface area contributed by atoms with Crippen molar-refractivity contribution in [2.45, 2.75) is 38.2 Å². The Balaban J connectivity index is 1.57. The predicted octanol–water partition coefficient (Wildman–Crippen LogP) is 1.74. The van der Waals surface area contributed by atoms with Gasteiger partial charge in [0.1, 0.15) is 0 Å². The van der Waals surface area contributed by atoms with Gasteiger partial charge in [0.2, 0.25) is 0 Å². The first-order valence-corrected chi connectivity index (χ1v) is 7.13. The van der Waals surface area contributed by atoms with Crippen LogP contribution in [0.2, 0.25) is 0 Å². The Hall–Kier alpha value is -0.870. The van der Waals surface area contributed by atoms with Crippen molar-refractivity contribution >= 4 is 17.2 Å². The molecule has 1 saturated carbocycles. The summed E-state index contributed by atoms with van der Waals surface area (Å²) < 4.78 is 0. The lowest BCUT2D eigenvalue weighted by Crippen LogP contribution is -2.32. The van der Waals surface area contributed by atoms with Gasteiger partial charge in [-0.1, -0.05) is 0 Å². The molecule has 17 heavy (non-hydrogen) atoms. The van der Waals surface area contributed by atoms with Crippen molar-refractivity contribution in [2.75, 3.05) is 6.54 Å². The Labute approximate surface area is 105 Å². The van der Waals surface area contributed by atoms with Gasteiger partial charge in [0, 0.05) is 11.4 Å². The van der Waals surface area contributed by atoms with Crippen LogP contribution in [0.1, 0.15) is 39.4 Å². The third-order valence-corrected chi connectivity index (χ3v) is 4.84. The molecule has 92 valence electrons. The van der Waals surface area contributed by atoms with Crippen molar-refractivity contribution in [2.24, 2.45) is 5.92 Å². The molecule has 1 heterocycles. The normalized spacial score (nSPS) is 20.1. The van der Waals surface area contributed by atoms with Gasteiger partial charge in [0.05, 0.1) is 11.0 Å². The molecule has 0 bridgehead atoms. The maximum Gasteiger partial charge on any atom is 0.261 e. The monoisotopic (exact) mass is 251 g/mol. The summed E-state index contributed by atoms with van der Waals surface area (Å²) in [5.41, 5.74) is 1.35. The van der Waals surface area contributed by atoms with Crippen molar-refractivity contribution in [1.29, 1.82) is 0 Å². The highest BCUT2D eigenvalue weighted by atomic mass is 32.1. The fourth-order valence-electron chi connectivity index (χ4n) is 2.37. The Morgan fingerprint density at radius 1 is 1.53 bits per heavy atom. The molecule has 0 aromatic carbocycles. The van der Waals surface area contributed by atoms with E-state index in [9.17, 15) is 9.90 Å². The summed E-state index contributed by atoms with van der Waals surface area (Å²) in [6, 6.07) is 2.02. The van der Waals surface area contributed by atoms with E-state index in [2.05, 4.69) is 5.32 Å². The van der Waals surface area contributed by atoms with Crippen LogP contribution in [0.25, 0.3) is 0 Å². The largest absolute Gasteiger partial charge is 0.391 e. The Kier molecular flexibility index (Phi) is 2.92. The van der Waals surface area contributed by atoms with Crippen LogP contribution >= 0.6 is 11.3 Å². The lowest BCUT2D eigenvalue weighted by molar-refractivity contribution is 0.0905. The Morgan fingerprint density at radius 2 is 2.35 bits per heavy atom. The van der Waals surface area contributed by atoms with Gasteiger partial charge < -0.3 is 10.4 Å². The first-order chi connectivity index (χ1) is 8.24. The number of hydrogen-bond acceptors (Lipinski definition) is 3. The number of aliphatic hydroxyl groups is 1. The summed E-state index contributed by atoms with van der Waals surface area (Å²) in [4.78, 5) is 14.1. The fraction of sp³-hybridized carbons (Fsp3) is 0.615. The van der Waals surface area contributed by atoms with Crippen molar-refractivity contribution in [3.63, 3.8) is 0 Å².